The zero-order valence-electron chi connectivity index (χ0n) is 20.2. The molecule has 1 unspecified atom stereocenters. The zero-order valence-corrected chi connectivity index (χ0v) is 21.8. The average molecular weight is 553 g/mol. The number of benzene rings is 4. The first-order valence-corrected chi connectivity index (χ1v) is 12.8. The molecule has 0 bridgehead atoms. The first-order chi connectivity index (χ1) is 18.1. The smallest absolute Gasteiger partial charge is 0.281 e. The van der Waals surface area contributed by atoms with E-state index in [-0.39, 0.29) is 5.91 Å². The second-order valence-corrected chi connectivity index (χ2v) is 9.22. The predicted octanol–water partition coefficient (Wildman–Crippen LogP) is 6.76. The molecule has 6 nitrogen and oxygen atoms in total. The number of carbonyl (C=O) groups excluding carboxylic acids is 1. The first-order valence-electron chi connectivity index (χ1n) is 12.0. The summed E-state index contributed by atoms with van der Waals surface area (Å²) in [5.74, 6) is 0.288. The van der Waals surface area contributed by atoms with Gasteiger partial charge >= 0.3 is 0 Å². The summed E-state index contributed by atoms with van der Waals surface area (Å²) in [6, 6.07) is 31.6. The molecule has 0 aliphatic rings. The number of hydrogen-bond acceptors (Lipinski definition) is 4. The number of carbonyl (C=O) groups is 1. The molecule has 0 saturated carbocycles. The SMILES string of the molecule is CCC(Oc1ccc2ccccc2c1Br)C(=O)NN=Cc1cn(-c2ccccc2)nc1-c1ccccc1. The third-order valence-electron chi connectivity index (χ3n) is 5.95. The minimum Gasteiger partial charge on any atom is -0.479 e. The van der Waals surface area contributed by atoms with Crippen molar-refractivity contribution in [3.63, 3.8) is 0 Å². The molecule has 5 aromatic rings. The molecule has 1 atom stereocenters. The van der Waals surface area contributed by atoms with E-state index in [1.807, 2.05) is 110 Å². The van der Waals surface area contributed by atoms with Gasteiger partial charge in [-0.25, -0.2) is 10.1 Å². The molecular weight excluding hydrogens is 528 g/mol. The van der Waals surface area contributed by atoms with Gasteiger partial charge in [0, 0.05) is 17.3 Å². The Hall–Kier alpha value is -4.23. The normalized spacial score (nSPS) is 12.1. The van der Waals surface area contributed by atoms with Gasteiger partial charge in [0.15, 0.2) is 6.10 Å². The standard InChI is InChI=1S/C30H25BrN4O2/c1-2-26(37-27-18-17-21-11-9-10-16-25(21)28(27)31)30(36)33-32-19-23-20-35(24-14-7-4-8-15-24)34-29(23)22-12-5-3-6-13-22/h3-20,26H,2H2,1H3,(H,33,36). The highest BCUT2D eigenvalue weighted by Gasteiger charge is 2.20. The Labute approximate surface area is 223 Å². The van der Waals surface area contributed by atoms with Crippen molar-refractivity contribution < 1.29 is 9.53 Å². The molecule has 0 saturated heterocycles. The van der Waals surface area contributed by atoms with Gasteiger partial charge in [0.1, 0.15) is 11.4 Å². The van der Waals surface area contributed by atoms with Crippen molar-refractivity contribution in [1.82, 2.24) is 15.2 Å². The highest BCUT2D eigenvalue weighted by atomic mass is 79.9. The number of amides is 1. The van der Waals surface area contributed by atoms with Crippen LogP contribution in [0.4, 0.5) is 0 Å². The van der Waals surface area contributed by atoms with E-state index >= 15 is 0 Å². The average Bonchev–Trinajstić information content (AvgIpc) is 3.38. The summed E-state index contributed by atoms with van der Waals surface area (Å²) in [5.41, 5.74) is 6.08. The lowest BCUT2D eigenvalue weighted by atomic mass is 10.1. The van der Waals surface area contributed by atoms with Crippen LogP contribution in [0.15, 0.2) is 113 Å². The fourth-order valence-electron chi connectivity index (χ4n) is 4.03. The van der Waals surface area contributed by atoms with Crippen LogP contribution in [0.3, 0.4) is 0 Å². The van der Waals surface area contributed by atoms with Gasteiger partial charge in [-0.15, -0.1) is 0 Å². The van der Waals surface area contributed by atoms with Gasteiger partial charge in [-0.2, -0.15) is 10.2 Å². The second kappa shape index (κ2) is 11.2. The quantitative estimate of drug-likeness (QED) is 0.171. The van der Waals surface area contributed by atoms with Crippen LogP contribution in [-0.2, 0) is 4.79 Å². The topological polar surface area (TPSA) is 68.5 Å². The molecule has 1 aromatic heterocycles. The molecule has 1 N–H and O–H groups in total. The monoisotopic (exact) mass is 552 g/mol. The molecule has 184 valence electrons. The van der Waals surface area contributed by atoms with Crippen molar-refractivity contribution in [2.45, 2.75) is 19.4 Å². The molecule has 0 radical (unpaired) electrons. The summed E-state index contributed by atoms with van der Waals surface area (Å²) in [7, 11) is 0. The summed E-state index contributed by atoms with van der Waals surface area (Å²) in [5, 5.41) is 11.1. The van der Waals surface area contributed by atoms with E-state index in [0.29, 0.717) is 12.2 Å². The number of nitrogens with one attached hydrogen (secondary N) is 1. The number of hydrazone groups is 1. The lowest BCUT2D eigenvalue weighted by Crippen LogP contribution is -2.35. The van der Waals surface area contributed by atoms with E-state index < -0.39 is 6.10 Å². The molecule has 0 spiro atoms. The third-order valence-corrected chi connectivity index (χ3v) is 6.77. The summed E-state index contributed by atoms with van der Waals surface area (Å²) in [6.07, 6.45) is 3.30. The van der Waals surface area contributed by atoms with Gasteiger partial charge in [-0.3, -0.25) is 4.79 Å². The largest absolute Gasteiger partial charge is 0.479 e. The summed E-state index contributed by atoms with van der Waals surface area (Å²) >= 11 is 3.63. The van der Waals surface area contributed by atoms with E-state index in [1.54, 1.807) is 10.9 Å². The lowest BCUT2D eigenvalue weighted by Gasteiger charge is -2.17. The highest BCUT2D eigenvalue weighted by molar-refractivity contribution is 9.10. The lowest BCUT2D eigenvalue weighted by molar-refractivity contribution is -0.128. The third kappa shape index (κ3) is 5.47. The number of rotatable bonds is 8. The van der Waals surface area contributed by atoms with Crippen molar-refractivity contribution in [2.24, 2.45) is 5.10 Å². The second-order valence-electron chi connectivity index (χ2n) is 8.43. The van der Waals surface area contributed by atoms with Crippen molar-refractivity contribution >= 4 is 38.8 Å². The highest BCUT2D eigenvalue weighted by Crippen LogP contribution is 2.34. The Morgan fingerprint density at radius 2 is 1.70 bits per heavy atom. The fourth-order valence-corrected chi connectivity index (χ4v) is 4.62. The Morgan fingerprint density at radius 1 is 1.00 bits per heavy atom. The van der Waals surface area contributed by atoms with Crippen LogP contribution in [0.5, 0.6) is 5.75 Å². The minimum absolute atomic E-state index is 0.324. The maximum absolute atomic E-state index is 12.9. The Morgan fingerprint density at radius 3 is 2.46 bits per heavy atom. The van der Waals surface area contributed by atoms with Gasteiger partial charge < -0.3 is 4.74 Å². The molecular formula is C30H25BrN4O2. The van der Waals surface area contributed by atoms with E-state index in [4.69, 9.17) is 9.84 Å². The molecule has 5 rings (SSSR count). The van der Waals surface area contributed by atoms with Gasteiger partial charge in [-0.1, -0.05) is 85.8 Å². The number of nitrogens with zero attached hydrogens (tertiary/aromatic N) is 3. The fraction of sp³-hybridized carbons (Fsp3) is 0.100. The van der Waals surface area contributed by atoms with Crippen LogP contribution in [0.2, 0.25) is 0 Å². The maximum atomic E-state index is 12.9. The summed E-state index contributed by atoms with van der Waals surface area (Å²) in [6.45, 7) is 1.90. The molecule has 0 aliphatic carbocycles. The number of aromatic nitrogens is 2. The van der Waals surface area contributed by atoms with Crippen molar-refractivity contribution in [3.05, 3.63) is 113 Å². The van der Waals surface area contributed by atoms with E-state index in [0.717, 1.165) is 37.8 Å². The van der Waals surface area contributed by atoms with Crippen LogP contribution in [-0.4, -0.2) is 28.0 Å². The van der Waals surface area contributed by atoms with Gasteiger partial charge in [0.2, 0.25) is 0 Å². The van der Waals surface area contributed by atoms with E-state index in [2.05, 4.69) is 26.5 Å². The predicted molar refractivity (Wildman–Crippen MR) is 151 cm³/mol. The summed E-state index contributed by atoms with van der Waals surface area (Å²) in [4.78, 5) is 12.9. The number of hydrogen-bond donors (Lipinski definition) is 1. The van der Waals surface area contributed by atoms with Crippen LogP contribution in [0.1, 0.15) is 18.9 Å². The van der Waals surface area contributed by atoms with Gasteiger partial charge in [0.25, 0.3) is 5.91 Å². The van der Waals surface area contributed by atoms with Crippen molar-refractivity contribution in [3.8, 4) is 22.7 Å². The van der Waals surface area contributed by atoms with E-state index in [9.17, 15) is 4.79 Å². The number of ether oxygens (including phenoxy) is 1. The van der Waals surface area contributed by atoms with Gasteiger partial charge in [-0.05, 0) is 51.3 Å². The van der Waals surface area contributed by atoms with Crippen LogP contribution < -0.4 is 10.2 Å². The number of halogens is 1. The molecule has 1 heterocycles. The Kier molecular flexibility index (Phi) is 7.42. The van der Waals surface area contributed by atoms with Gasteiger partial charge in [0.05, 0.1) is 16.4 Å². The number of fused-ring (bicyclic) bond motifs is 1. The van der Waals surface area contributed by atoms with Crippen LogP contribution in [0.25, 0.3) is 27.7 Å². The van der Waals surface area contributed by atoms with Crippen molar-refractivity contribution in [1.29, 1.82) is 0 Å². The molecule has 1 amide bonds. The van der Waals surface area contributed by atoms with Crippen LogP contribution in [0, 0.1) is 0 Å². The van der Waals surface area contributed by atoms with Crippen LogP contribution >= 0.6 is 15.9 Å². The molecule has 0 fully saturated rings. The Bertz CT molecular complexity index is 1550. The zero-order chi connectivity index (χ0) is 25.6. The number of para-hydroxylation sites is 1. The Balaban J connectivity index is 1.35. The minimum atomic E-state index is -0.699. The summed E-state index contributed by atoms with van der Waals surface area (Å²) < 4.78 is 8.70. The maximum Gasteiger partial charge on any atom is 0.281 e. The first kappa shape index (κ1) is 24.5. The van der Waals surface area contributed by atoms with Crippen molar-refractivity contribution in [2.75, 3.05) is 0 Å². The molecule has 37 heavy (non-hydrogen) atoms. The molecule has 4 aromatic carbocycles. The molecule has 7 heteroatoms. The van der Waals surface area contributed by atoms with E-state index in [1.165, 1.54) is 0 Å². The molecule has 0 aliphatic heterocycles.